The van der Waals surface area contributed by atoms with Crippen molar-refractivity contribution < 1.29 is 23.9 Å². The van der Waals surface area contributed by atoms with Crippen LogP contribution >= 0.6 is 46.4 Å². The molecule has 38 heavy (non-hydrogen) atoms. The van der Waals surface area contributed by atoms with Gasteiger partial charge in [-0.15, -0.1) is 0 Å². The van der Waals surface area contributed by atoms with Crippen LogP contribution in [0.15, 0.2) is 71.4 Å². The summed E-state index contributed by atoms with van der Waals surface area (Å²) in [5.41, 5.74) is 1.21. The minimum absolute atomic E-state index is 0.0214. The number of amides is 3. The highest BCUT2D eigenvalue weighted by atomic mass is 35.5. The number of anilines is 3. The van der Waals surface area contributed by atoms with Crippen molar-refractivity contribution in [2.24, 2.45) is 0 Å². The second-order valence-electron chi connectivity index (χ2n) is 7.81. The third-order valence-electron chi connectivity index (χ3n) is 5.31. The van der Waals surface area contributed by atoms with Gasteiger partial charge < -0.3 is 15.4 Å². The largest absolute Gasteiger partial charge is 0.462 e. The van der Waals surface area contributed by atoms with Crippen LogP contribution in [0.25, 0.3) is 0 Å². The molecule has 0 atom stereocenters. The molecule has 4 rings (SSSR count). The van der Waals surface area contributed by atoms with Gasteiger partial charge in [0.25, 0.3) is 17.7 Å². The molecule has 0 saturated carbocycles. The zero-order chi connectivity index (χ0) is 27.6. The predicted molar refractivity (Wildman–Crippen MR) is 147 cm³/mol. The maximum Gasteiger partial charge on any atom is 0.338 e. The fourth-order valence-electron chi connectivity index (χ4n) is 3.50. The average Bonchev–Trinajstić information content (AvgIpc) is 3.10. The average molecular weight is 593 g/mol. The molecule has 3 aromatic carbocycles. The van der Waals surface area contributed by atoms with Crippen LogP contribution in [0.1, 0.15) is 27.6 Å². The van der Waals surface area contributed by atoms with E-state index in [2.05, 4.69) is 10.6 Å². The molecule has 0 aliphatic carbocycles. The van der Waals surface area contributed by atoms with Crippen molar-refractivity contribution in [3.05, 3.63) is 97.6 Å². The van der Waals surface area contributed by atoms with E-state index in [1.165, 1.54) is 30.3 Å². The van der Waals surface area contributed by atoms with Gasteiger partial charge in [-0.2, -0.15) is 0 Å². The summed E-state index contributed by atoms with van der Waals surface area (Å²) < 4.78 is 4.94. The van der Waals surface area contributed by atoms with Gasteiger partial charge in [-0.05, 0) is 61.5 Å². The van der Waals surface area contributed by atoms with Crippen LogP contribution in [0.3, 0.4) is 0 Å². The molecular weight excluding hydrogens is 576 g/mol. The Bertz CT molecular complexity index is 1510. The summed E-state index contributed by atoms with van der Waals surface area (Å²) in [4.78, 5) is 51.3. The molecule has 3 aromatic rings. The molecule has 1 aliphatic rings. The number of nitrogens with one attached hydrogen (secondary N) is 2. The molecule has 0 radical (unpaired) electrons. The summed E-state index contributed by atoms with van der Waals surface area (Å²) in [5, 5.41) is 5.44. The Morgan fingerprint density at radius 3 is 2.18 bits per heavy atom. The molecule has 0 unspecified atom stereocenters. The van der Waals surface area contributed by atoms with Crippen molar-refractivity contribution in [1.29, 1.82) is 0 Å². The second-order valence-corrected chi connectivity index (χ2v) is 9.41. The molecule has 0 spiro atoms. The maximum atomic E-state index is 13.1. The Labute approximate surface area is 237 Å². The fraction of sp³-hybridized carbons (Fsp3) is 0.0769. The van der Waals surface area contributed by atoms with Crippen LogP contribution in [0.5, 0.6) is 0 Å². The van der Waals surface area contributed by atoms with Gasteiger partial charge in [-0.1, -0.05) is 52.5 Å². The van der Waals surface area contributed by atoms with E-state index in [4.69, 9.17) is 51.1 Å². The lowest BCUT2D eigenvalue weighted by Gasteiger charge is -2.17. The maximum absolute atomic E-state index is 13.1. The minimum atomic E-state index is -0.806. The van der Waals surface area contributed by atoms with E-state index in [1.807, 2.05) is 0 Å². The van der Waals surface area contributed by atoms with Gasteiger partial charge in [0, 0.05) is 16.9 Å². The summed E-state index contributed by atoms with van der Waals surface area (Å²) in [5.74, 6) is -2.48. The monoisotopic (exact) mass is 591 g/mol. The predicted octanol–water partition coefficient (Wildman–Crippen LogP) is 6.51. The number of halogens is 4. The molecule has 194 valence electrons. The number of hydrogen-bond donors (Lipinski definition) is 2. The molecule has 3 amide bonds. The topological polar surface area (TPSA) is 105 Å². The van der Waals surface area contributed by atoms with Gasteiger partial charge in [0.2, 0.25) is 0 Å². The number of rotatable bonds is 7. The Balaban J connectivity index is 1.50. The number of esters is 1. The fourth-order valence-corrected chi connectivity index (χ4v) is 4.34. The quantitative estimate of drug-likeness (QED) is 0.184. The van der Waals surface area contributed by atoms with Gasteiger partial charge in [0.15, 0.2) is 0 Å². The Morgan fingerprint density at radius 1 is 0.816 bits per heavy atom. The van der Waals surface area contributed by atoms with Gasteiger partial charge in [0.05, 0.1) is 32.9 Å². The van der Waals surface area contributed by atoms with Crippen LogP contribution in [0.4, 0.5) is 17.1 Å². The van der Waals surface area contributed by atoms with Crippen molar-refractivity contribution in [3.63, 3.8) is 0 Å². The van der Waals surface area contributed by atoms with Crippen LogP contribution in [-0.4, -0.2) is 30.3 Å². The zero-order valence-corrected chi connectivity index (χ0v) is 22.5. The van der Waals surface area contributed by atoms with E-state index in [1.54, 1.807) is 37.3 Å². The molecule has 1 heterocycles. The van der Waals surface area contributed by atoms with Gasteiger partial charge >= 0.3 is 5.97 Å². The van der Waals surface area contributed by atoms with E-state index in [9.17, 15) is 19.2 Å². The minimum Gasteiger partial charge on any atom is -0.462 e. The van der Waals surface area contributed by atoms with Crippen LogP contribution in [0, 0.1) is 0 Å². The summed E-state index contributed by atoms with van der Waals surface area (Å²) in [7, 11) is 0. The van der Waals surface area contributed by atoms with Crippen molar-refractivity contribution in [1.82, 2.24) is 0 Å². The summed E-state index contributed by atoms with van der Waals surface area (Å²) in [6.45, 7) is 1.96. The SMILES string of the molecule is CCOC(=O)c1ccc(NC(=O)c2cccc(NC3=C(Cl)C(=O)N(c4cc(Cl)c(Cl)cc4Cl)C3=O)c2)cc1. The van der Waals surface area contributed by atoms with Crippen LogP contribution in [0.2, 0.25) is 15.1 Å². The lowest BCUT2D eigenvalue weighted by molar-refractivity contribution is -0.120. The molecule has 12 heteroatoms. The van der Waals surface area contributed by atoms with Gasteiger partial charge in [-0.25, -0.2) is 9.69 Å². The summed E-state index contributed by atoms with van der Waals surface area (Å²) in [6.07, 6.45) is 0. The molecule has 0 aromatic heterocycles. The number of imide groups is 1. The number of carbonyl (C=O) groups is 4. The second kappa shape index (κ2) is 11.4. The van der Waals surface area contributed by atoms with Crippen molar-refractivity contribution in [2.75, 3.05) is 22.1 Å². The summed E-state index contributed by atoms with van der Waals surface area (Å²) in [6, 6.07) is 15.0. The molecule has 2 N–H and O–H groups in total. The first-order chi connectivity index (χ1) is 18.1. The first kappa shape index (κ1) is 27.5. The highest BCUT2D eigenvalue weighted by Gasteiger charge is 2.40. The number of carbonyl (C=O) groups excluding carboxylic acids is 4. The highest BCUT2D eigenvalue weighted by molar-refractivity contribution is 6.54. The van der Waals surface area contributed by atoms with Crippen LogP contribution in [-0.2, 0) is 14.3 Å². The zero-order valence-electron chi connectivity index (χ0n) is 19.5. The van der Waals surface area contributed by atoms with E-state index < -0.39 is 23.7 Å². The number of hydrogen-bond acceptors (Lipinski definition) is 6. The molecule has 0 fully saturated rings. The third-order valence-corrected chi connectivity index (χ3v) is 6.68. The first-order valence-electron chi connectivity index (χ1n) is 11.0. The van der Waals surface area contributed by atoms with E-state index in [0.717, 1.165) is 4.90 Å². The van der Waals surface area contributed by atoms with Crippen LogP contribution < -0.4 is 15.5 Å². The lowest BCUT2D eigenvalue weighted by atomic mass is 10.1. The summed E-state index contributed by atoms with van der Waals surface area (Å²) >= 11 is 24.4. The number of ether oxygens (including phenoxy) is 1. The van der Waals surface area contributed by atoms with E-state index >= 15 is 0 Å². The molecular formula is C26H17Cl4N3O5. The molecule has 0 bridgehead atoms. The molecule has 8 nitrogen and oxygen atoms in total. The van der Waals surface area contributed by atoms with Gasteiger partial charge in [0.1, 0.15) is 10.7 Å². The Morgan fingerprint density at radius 2 is 1.50 bits per heavy atom. The molecule has 1 aliphatic heterocycles. The van der Waals surface area contributed by atoms with E-state index in [-0.39, 0.29) is 43.7 Å². The van der Waals surface area contributed by atoms with Crippen molar-refractivity contribution >= 4 is 87.2 Å². The third kappa shape index (κ3) is 5.63. The lowest BCUT2D eigenvalue weighted by Crippen LogP contribution is -2.32. The van der Waals surface area contributed by atoms with Gasteiger partial charge in [-0.3, -0.25) is 14.4 Å². The number of benzene rings is 3. The smallest absolute Gasteiger partial charge is 0.338 e. The Hall–Kier alpha value is -3.56. The standard InChI is InChI=1S/C26H17Cl4N3O5/c1-2-38-26(37)13-6-8-15(9-7-13)32-23(34)14-4-3-5-16(10-14)31-22-21(30)24(35)33(25(22)36)20-12-18(28)17(27)11-19(20)29/h3-12,31H,2H2,1H3,(H,32,34). The van der Waals surface area contributed by atoms with Crippen molar-refractivity contribution in [3.8, 4) is 0 Å². The number of nitrogens with zero attached hydrogens (tertiary/aromatic N) is 1. The normalized spacial score (nSPS) is 13.1. The first-order valence-corrected chi connectivity index (χ1v) is 12.5. The Kier molecular flexibility index (Phi) is 8.28. The highest BCUT2D eigenvalue weighted by Crippen LogP contribution is 2.38. The van der Waals surface area contributed by atoms with E-state index in [0.29, 0.717) is 16.9 Å². The molecule has 0 saturated heterocycles. The van der Waals surface area contributed by atoms with Crippen molar-refractivity contribution in [2.45, 2.75) is 6.92 Å².